The molecule has 0 aromatic heterocycles. The molecule has 0 heterocycles. The van der Waals surface area contributed by atoms with Gasteiger partial charge >= 0.3 is 0 Å². The highest BCUT2D eigenvalue weighted by molar-refractivity contribution is 7.99. The van der Waals surface area contributed by atoms with Crippen LogP contribution in [0.2, 0.25) is 5.02 Å². The lowest BCUT2D eigenvalue weighted by atomic mass is 10.4. The molecule has 0 aliphatic carbocycles. The molecule has 0 unspecified atom stereocenters. The second kappa shape index (κ2) is 12.5. The number of guanidine groups is 1. The summed E-state index contributed by atoms with van der Waals surface area (Å²) in [5.41, 5.74) is 0. The maximum Gasteiger partial charge on any atom is 0.191 e. The minimum Gasteiger partial charge on any atom is -0.383 e. The van der Waals surface area contributed by atoms with E-state index in [2.05, 4.69) is 27.6 Å². The molecule has 130 valence electrons. The Balaban J connectivity index is 2.13. The molecule has 0 bridgehead atoms. The lowest BCUT2D eigenvalue weighted by Gasteiger charge is -2.17. The number of likely N-dealkylation sites (N-methyl/N-ethyl adjacent to an activating group) is 1. The molecular weight excluding hydrogens is 332 g/mol. The van der Waals surface area contributed by atoms with E-state index in [4.69, 9.17) is 16.3 Å². The SMILES string of the molecule is CN=C(NCCSc1ccc(Cl)cc1)NCCN(C)CCOC. The fourth-order valence-electron chi connectivity index (χ4n) is 1.81. The third-order valence-corrected chi connectivity index (χ3v) is 4.43. The van der Waals surface area contributed by atoms with E-state index in [9.17, 15) is 0 Å². The zero-order valence-corrected chi connectivity index (χ0v) is 15.7. The monoisotopic (exact) mass is 358 g/mol. The first-order valence-electron chi connectivity index (χ1n) is 7.66. The van der Waals surface area contributed by atoms with E-state index in [0.717, 1.165) is 49.5 Å². The van der Waals surface area contributed by atoms with Crippen LogP contribution in [-0.4, -0.2) is 70.6 Å². The summed E-state index contributed by atoms with van der Waals surface area (Å²) in [6.45, 7) is 4.34. The average molecular weight is 359 g/mol. The average Bonchev–Trinajstić information content (AvgIpc) is 2.56. The van der Waals surface area contributed by atoms with Gasteiger partial charge in [-0.3, -0.25) is 4.99 Å². The van der Waals surface area contributed by atoms with Crippen LogP contribution >= 0.6 is 23.4 Å². The predicted octanol–water partition coefficient (Wildman–Crippen LogP) is 2.18. The molecule has 1 rings (SSSR count). The molecule has 0 aliphatic rings. The molecule has 1 aromatic carbocycles. The van der Waals surface area contributed by atoms with Crippen molar-refractivity contribution in [2.45, 2.75) is 4.90 Å². The van der Waals surface area contributed by atoms with Gasteiger partial charge in [0.2, 0.25) is 0 Å². The summed E-state index contributed by atoms with van der Waals surface area (Å²) in [7, 11) is 5.59. The molecule has 0 amide bonds. The minimum atomic E-state index is 0.755. The number of aliphatic imine (C=N–C) groups is 1. The first-order valence-corrected chi connectivity index (χ1v) is 9.02. The van der Waals surface area contributed by atoms with E-state index in [1.54, 1.807) is 25.9 Å². The van der Waals surface area contributed by atoms with E-state index in [0.29, 0.717) is 0 Å². The molecule has 0 aliphatic heterocycles. The number of ether oxygens (including phenoxy) is 1. The fourth-order valence-corrected chi connectivity index (χ4v) is 2.71. The Morgan fingerprint density at radius 2 is 1.91 bits per heavy atom. The number of hydrogen-bond donors (Lipinski definition) is 2. The smallest absolute Gasteiger partial charge is 0.191 e. The predicted molar refractivity (Wildman–Crippen MR) is 101 cm³/mol. The summed E-state index contributed by atoms with van der Waals surface area (Å²) < 4.78 is 5.06. The third kappa shape index (κ3) is 9.71. The van der Waals surface area contributed by atoms with Crippen molar-refractivity contribution < 1.29 is 4.74 Å². The van der Waals surface area contributed by atoms with Crippen LogP contribution in [0.3, 0.4) is 0 Å². The van der Waals surface area contributed by atoms with Crippen molar-refractivity contribution in [2.24, 2.45) is 4.99 Å². The van der Waals surface area contributed by atoms with Crippen molar-refractivity contribution in [3.63, 3.8) is 0 Å². The van der Waals surface area contributed by atoms with Crippen LogP contribution in [-0.2, 0) is 4.74 Å². The van der Waals surface area contributed by atoms with Gasteiger partial charge in [-0.1, -0.05) is 11.6 Å². The Morgan fingerprint density at radius 3 is 2.57 bits per heavy atom. The second-order valence-electron chi connectivity index (χ2n) is 5.02. The van der Waals surface area contributed by atoms with Crippen LogP contribution in [0.1, 0.15) is 0 Å². The van der Waals surface area contributed by atoms with E-state index in [1.807, 2.05) is 24.3 Å². The van der Waals surface area contributed by atoms with E-state index in [-0.39, 0.29) is 0 Å². The van der Waals surface area contributed by atoms with Crippen molar-refractivity contribution in [3.8, 4) is 0 Å². The normalized spacial score (nSPS) is 11.8. The second-order valence-corrected chi connectivity index (χ2v) is 6.63. The summed E-state index contributed by atoms with van der Waals surface area (Å²) in [4.78, 5) is 7.67. The van der Waals surface area contributed by atoms with Gasteiger partial charge in [-0.2, -0.15) is 0 Å². The highest BCUT2D eigenvalue weighted by Gasteiger charge is 2.00. The molecule has 1 aromatic rings. The third-order valence-electron chi connectivity index (χ3n) is 3.16. The molecular formula is C16H27ClN4OS. The quantitative estimate of drug-likeness (QED) is 0.290. The summed E-state index contributed by atoms with van der Waals surface area (Å²) in [5, 5.41) is 7.40. The van der Waals surface area contributed by atoms with Crippen LogP contribution in [0.5, 0.6) is 0 Å². The van der Waals surface area contributed by atoms with Gasteiger partial charge in [0.15, 0.2) is 5.96 Å². The first kappa shape index (κ1) is 20.1. The molecule has 2 N–H and O–H groups in total. The summed E-state index contributed by atoms with van der Waals surface area (Å²) >= 11 is 7.67. The largest absolute Gasteiger partial charge is 0.383 e. The summed E-state index contributed by atoms with van der Waals surface area (Å²) in [6, 6.07) is 7.90. The van der Waals surface area contributed by atoms with Crippen molar-refractivity contribution in [1.29, 1.82) is 0 Å². The van der Waals surface area contributed by atoms with Gasteiger partial charge in [-0.15, -0.1) is 11.8 Å². The number of methoxy groups -OCH3 is 1. The highest BCUT2D eigenvalue weighted by Crippen LogP contribution is 2.19. The topological polar surface area (TPSA) is 48.9 Å². The zero-order chi connectivity index (χ0) is 16.9. The van der Waals surface area contributed by atoms with E-state index in [1.165, 1.54) is 4.90 Å². The Kier molecular flexibility index (Phi) is 10.9. The first-order chi connectivity index (χ1) is 11.2. The van der Waals surface area contributed by atoms with Gasteiger partial charge in [0.05, 0.1) is 6.61 Å². The maximum absolute atomic E-state index is 5.88. The number of thioether (sulfide) groups is 1. The molecule has 0 fully saturated rings. The molecule has 23 heavy (non-hydrogen) atoms. The number of nitrogens with zero attached hydrogens (tertiary/aromatic N) is 2. The molecule has 0 atom stereocenters. The molecule has 0 saturated carbocycles. The van der Waals surface area contributed by atoms with Crippen LogP contribution in [0.15, 0.2) is 34.2 Å². The van der Waals surface area contributed by atoms with Gasteiger partial charge < -0.3 is 20.3 Å². The van der Waals surface area contributed by atoms with Gasteiger partial charge in [0, 0.05) is 56.0 Å². The number of benzene rings is 1. The van der Waals surface area contributed by atoms with Crippen molar-refractivity contribution in [1.82, 2.24) is 15.5 Å². The number of nitrogens with one attached hydrogen (secondary N) is 2. The lowest BCUT2D eigenvalue weighted by Crippen LogP contribution is -2.42. The van der Waals surface area contributed by atoms with E-state index < -0.39 is 0 Å². The van der Waals surface area contributed by atoms with Gasteiger partial charge in [0.25, 0.3) is 0 Å². The van der Waals surface area contributed by atoms with Gasteiger partial charge in [0.1, 0.15) is 0 Å². The lowest BCUT2D eigenvalue weighted by molar-refractivity contribution is 0.162. The van der Waals surface area contributed by atoms with Crippen molar-refractivity contribution in [2.75, 3.05) is 59.7 Å². The number of rotatable bonds is 10. The summed E-state index contributed by atoms with van der Waals surface area (Å²) in [6.07, 6.45) is 0. The van der Waals surface area contributed by atoms with Crippen molar-refractivity contribution in [3.05, 3.63) is 29.3 Å². The molecule has 0 saturated heterocycles. The Hall–Kier alpha value is -0.950. The van der Waals surface area contributed by atoms with Gasteiger partial charge in [-0.05, 0) is 31.3 Å². The molecule has 5 nitrogen and oxygen atoms in total. The Morgan fingerprint density at radius 1 is 1.22 bits per heavy atom. The fraction of sp³-hybridized carbons (Fsp3) is 0.562. The standard InChI is InChI=1S/C16H27ClN4OS/c1-18-16(19-8-10-21(2)11-12-22-3)20-9-13-23-15-6-4-14(17)5-7-15/h4-7H,8-13H2,1-3H3,(H2,18,19,20). The number of hydrogen-bond acceptors (Lipinski definition) is 4. The molecule has 0 radical (unpaired) electrons. The van der Waals surface area contributed by atoms with Crippen molar-refractivity contribution >= 4 is 29.3 Å². The van der Waals surface area contributed by atoms with Gasteiger partial charge in [-0.25, -0.2) is 0 Å². The zero-order valence-electron chi connectivity index (χ0n) is 14.1. The highest BCUT2D eigenvalue weighted by atomic mass is 35.5. The Labute approximate surface area is 148 Å². The number of halogens is 1. The van der Waals surface area contributed by atoms with Crippen LogP contribution in [0.4, 0.5) is 0 Å². The maximum atomic E-state index is 5.88. The van der Waals surface area contributed by atoms with Crippen LogP contribution in [0.25, 0.3) is 0 Å². The van der Waals surface area contributed by atoms with Crippen LogP contribution in [0, 0.1) is 0 Å². The minimum absolute atomic E-state index is 0.755. The Bertz CT molecular complexity index is 456. The van der Waals surface area contributed by atoms with E-state index >= 15 is 0 Å². The summed E-state index contributed by atoms with van der Waals surface area (Å²) in [5.74, 6) is 1.80. The van der Waals surface area contributed by atoms with Crippen LogP contribution < -0.4 is 10.6 Å². The molecule has 7 heteroatoms. The molecule has 0 spiro atoms.